The first-order chi connectivity index (χ1) is 15.2. The second-order valence-corrected chi connectivity index (χ2v) is 7.69. The molecule has 31 heavy (non-hydrogen) atoms. The average molecular weight is 439 g/mol. The van der Waals surface area contributed by atoms with E-state index in [0.717, 1.165) is 11.3 Å². The van der Waals surface area contributed by atoms with Crippen LogP contribution in [0.1, 0.15) is 22.5 Å². The zero-order valence-corrected chi connectivity index (χ0v) is 18.2. The minimum Gasteiger partial charge on any atom is -0.383 e. The summed E-state index contributed by atoms with van der Waals surface area (Å²) < 4.78 is 4.95. The Bertz CT molecular complexity index is 963. The smallest absolute Gasteiger partial charge is 0.273 e. The van der Waals surface area contributed by atoms with Crippen LogP contribution in [0.5, 0.6) is 0 Å². The molecule has 3 rings (SSSR count). The number of amides is 2. The summed E-state index contributed by atoms with van der Waals surface area (Å²) in [4.78, 5) is 31.4. The number of carbonyl (C=O) groups excluding carboxylic acids is 2. The average Bonchev–Trinajstić information content (AvgIpc) is 3.26. The standard InChI is InChI=1S/C23H26N4O3S/c1-30-15-13-24-21(28)12-14-27(16-18-8-4-2-5-9-18)22(29)20-17-31-23(26-20)25-19-10-6-3-7-11-19/h2-11,17H,12-16H2,1H3,(H,24,28)(H,25,26). The van der Waals surface area contributed by atoms with Crippen molar-refractivity contribution >= 4 is 34.0 Å². The molecule has 1 heterocycles. The Labute approximate surface area is 186 Å². The van der Waals surface area contributed by atoms with Crippen LogP contribution in [0, 0.1) is 0 Å². The molecule has 0 bridgehead atoms. The van der Waals surface area contributed by atoms with Gasteiger partial charge in [0.2, 0.25) is 5.91 Å². The number of thiazole rings is 1. The molecule has 2 amide bonds. The second-order valence-electron chi connectivity index (χ2n) is 6.83. The number of hydrogen-bond acceptors (Lipinski definition) is 6. The van der Waals surface area contributed by atoms with Gasteiger partial charge in [-0.3, -0.25) is 9.59 Å². The van der Waals surface area contributed by atoms with Crippen molar-refractivity contribution < 1.29 is 14.3 Å². The van der Waals surface area contributed by atoms with E-state index in [9.17, 15) is 9.59 Å². The van der Waals surface area contributed by atoms with Crippen molar-refractivity contribution in [2.45, 2.75) is 13.0 Å². The van der Waals surface area contributed by atoms with Crippen molar-refractivity contribution in [3.63, 3.8) is 0 Å². The maximum atomic E-state index is 13.2. The number of methoxy groups -OCH3 is 1. The number of aromatic nitrogens is 1. The first kappa shape index (κ1) is 22.5. The van der Waals surface area contributed by atoms with Crippen LogP contribution >= 0.6 is 11.3 Å². The van der Waals surface area contributed by atoms with Crippen molar-refractivity contribution in [1.29, 1.82) is 0 Å². The minimum atomic E-state index is -0.203. The summed E-state index contributed by atoms with van der Waals surface area (Å²) >= 11 is 1.37. The fourth-order valence-corrected chi connectivity index (χ4v) is 3.61. The van der Waals surface area contributed by atoms with Crippen LogP contribution in [0.2, 0.25) is 0 Å². The Hall–Kier alpha value is -3.23. The number of hydrogen-bond donors (Lipinski definition) is 2. The molecule has 2 N–H and O–H groups in total. The van der Waals surface area contributed by atoms with Gasteiger partial charge in [0.25, 0.3) is 5.91 Å². The molecule has 1 aromatic heterocycles. The molecule has 0 atom stereocenters. The van der Waals surface area contributed by atoms with Crippen LogP contribution in [0.25, 0.3) is 0 Å². The quantitative estimate of drug-likeness (QED) is 0.446. The number of rotatable bonds is 11. The Balaban J connectivity index is 1.67. The van der Waals surface area contributed by atoms with Gasteiger partial charge in [0.15, 0.2) is 5.13 Å². The third-order valence-corrected chi connectivity index (χ3v) is 5.25. The van der Waals surface area contributed by atoms with Crippen molar-refractivity contribution in [2.24, 2.45) is 0 Å². The van der Waals surface area contributed by atoms with Crippen LogP contribution in [-0.2, 0) is 16.1 Å². The number of carbonyl (C=O) groups is 2. The lowest BCUT2D eigenvalue weighted by Gasteiger charge is -2.22. The zero-order valence-electron chi connectivity index (χ0n) is 17.4. The number of benzene rings is 2. The predicted octanol–water partition coefficient (Wildman–Crippen LogP) is 3.68. The lowest BCUT2D eigenvalue weighted by Crippen LogP contribution is -2.35. The highest BCUT2D eigenvalue weighted by Gasteiger charge is 2.20. The molecule has 0 saturated heterocycles. The predicted molar refractivity (Wildman–Crippen MR) is 123 cm³/mol. The van der Waals surface area contributed by atoms with Crippen LogP contribution in [-0.4, -0.2) is 48.5 Å². The topological polar surface area (TPSA) is 83.6 Å². The number of anilines is 2. The summed E-state index contributed by atoms with van der Waals surface area (Å²) in [5.74, 6) is -0.321. The van der Waals surface area contributed by atoms with Crippen molar-refractivity contribution in [3.8, 4) is 0 Å². The number of nitrogens with zero attached hydrogens (tertiary/aromatic N) is 2. The molecule has 0 aliphatic heterocycles. The lowest BCUT2D eigenvalue weighted by molar-refractivity contribution is -0.121. The van der Waals surface area contributed by atoms with E-state index in [1.807, 2.05) is 60.7 Å². The van der Waals surface area contributed by atoms with Crippen LogP contribution < -0.4 is 10.6 Å². The SMILES string of the molecule is COCCNC(=O)CCN(Cc1ccccc1)C(=O)c1csc(Nc2ccccc2)n1. The third kappa shape index (κ3) is 7.20. The molecule has 0 aliphatic rings. The van der Waals surface area contributed by atoms with E-state index in [0.29, 0.717) is 37.1 Å². The highest BCUT2D eigenvalue weighted by molar-refractivity contribution is 7.14. The number of ether oxygens (including phenoxy) is 1. The molecule has 0 aliphatic carbocycles. The molecule has 0 unspecified atom stereocenters. The third-order valence-electron chi connectivity index (χ3n) is 4.49. The van der Waals surface area contributed by atoms with Gasteiger partial charge < -0.3 is 20.3 Å². The molecule has 162 valence electrons. The Morgan fingerprint density at radius 2 is 1.77 bits per heavy atom. The van der Waals surface area contributed by atoms with Gasteiger partial charge >= 0.3 is 0 Å². The summed E-state index contributed by atoms with van der Waals surface area (Å²) in [7, 11) is 1.58. The Morgan fingerprint density at radius 1 is 1.06 bits per heavy atom. The summed E-state index contributed by atoms with van der Waals surface area (Å²) in [5.41, 5.74) is 2.26. The van der Waals surface area contributed by atoms with Gasteiger partial charge in [-0.25, -0.2) is 4.98 Å². The first-order valence-electron chi connectivity index (χ1n) is 10.0. The largest absolute Gasteiger partial charge is 0.383 e. The molecule has 2 aromatic carbocycles. The summed E-state index contributed by atoms with van der Waals surface area (Å²) in [6.07, 6.45) is 0.210. The van der Waals surface area contributed by atoms with Gasteiger partial charge in [-0.1, -0.05) is 48.5 Å². The Kier molecular flexibility index (Phi) is 8.57. The normalized spacial score (nSPS) is 10.5. The molecule has 0 spiro atoms. The fraction of sp³-hybridized carbons (Fsp3) is 0.261. The molecule has 0 radical (unpaired) electrons. The lowest BCUT2D eigenvalue weighted by atomic mass is 10.2. The fourth-order valence-electron chi connectivity index (χ4n) is 2.91. The maximum absolute atomic E-state index is 13.2. The maximum Gasteiger partial charge on any atom is 0.273 e. The van der Waals surface area contributed by atoms with Gasteiger partial charge in [-0.15, -0.1) is 11.3 Å². The highest BCUT2D eigenvalue weighted by Crippen LogP contribution is 2.22. The molecule has 7 nitrogen and oxygen atoms in total. The zero-order chi connectivity index (χ0) is 21.9. The van der Waals surface area contributed by atoms with Gasteiger partial charge in [-0.2, -0.15) is 0 Å². The van der Waals surface area contributed by atoms with Gasteiger partial charge in [-0.05, 0) is 17.7 Å². The van der Waals surface area contributed by atoms with E-state index in [2.05, 4.69) is 15.6 Å². The summed E-state index contributed by atoms with van der Waals surface area (Å²) in [6.45, 7) is 1.60. The second kappa shape index (κ2) is 11.8. The molecule has 8 heteroatoms. The van der Waals surface area contributed by atoms with Crippen molar-refractivity contribution in [3.05, 3.63) is 77.3 Å². The van der Waals surface area contributed by atoms with Gasteiger partial charge in [0.1, 0.15) is 5.69 Å². The Morgan fingerprint density at radius 3 is 2.48 bits per heavy atom. The molecular weight excluding hydrogens is 412 g/mol. The summed E-state index contributed by atoms with van der Waals surface area (Å²) in [6, 6.07) is 19.4. The van der Waals surface area contributed by atoms with E-state index in [1.54, 1.807) is 17.4 Å². The highest BCUT2D eigenvalue weighted by atomic mass is 32.1. The van der Waals surface area contributed by atoms with Crippen molar-refractivity contribution in [1.82, 2.24) is 15.2 Å². The van der Waals surface area contributed by atoms with E-state index >= 15 is 0 Å². The van der Waals surface area contributed by atoms with Crippen LogP contribution in [0.15, 0.2) is 66.0 Å². The van der Waals surface area contributed by atoms with E-state index in [-0.39, 0.29) is 18.2 Å². The summed E-state index contributed by atoms with van der Waals surface area (Å²) in [5, 5.41) is 8.38. The van der Waals surface area contributed by atoms with Gasteiger partial charge in [0, 0.05) is 44.2 Å². The van der Waals surface area contributed by atoms with Crippen molar-refractivity contribution in [2.75, 3.05) is 32.1 Å². The van der Waals surface area contributed by atoms with E-state index in [4.69, 9.17) is 4.74 Å². The van der Waals surface area contributed by atoms with E-state index < -0.39 is 0 Å². The first-order valence-corrected chi connectivity index (χ1v) is 10.9. The monoisotopic (exact) mass is 438 g/mol. The molecule has 3 aromatic rings. The molecular formula is C23H26N4O3S. The minimum absolute atomic E-state index is 0.118. The number of para-hydroxylation sites is 1. The van der Waals surface area contributed by atoms with Gasteiger partial charge in [0.05, 0.1) is 6.61 Å². The number of nitrogens with one attached hydrogen (secondary N) is 2. The molecule has 0 saturated carbocycles. The molecule has 0 fully saturated rings. The van der Waals surface area contributed by atoms with Crippen LogP contribution in [0.4, 0.5) is 10.8 Å². The van der Waals surface area contributed by atoms with Crippen LogP contribution in [0.3, 0.4) is 0 Å². The van der Waals surface area contributed by atoms with E-state index in [1.165, 1.54) is 11.3 Å².